The molecule has 14 atom stereocenters. The van der Waals surface area contributed by atoms with Gasteiger partial charge in [0.1, 0.15) is 72.5 Å². The van der Waals surface area contributed by atoms with E-state index >= 15 is 4.79 Å². The molecule has 1 aliphatic heterocycles. The number of likely N-dealkylation sites (tertiary alicyclic amines) is 1. The van der Waals surface area contributed by atoms with Crippen LogP contribution >= 0.6 is 0 Å². The van der Waals surface area contributed by atoms with E-state index in [9.17, 15) is 72.2 Å². The molecular weight excluding hydrogens is 1610 g/mol. The van der Waals surface area contributed by atoms with Crippen LogP contribution in [0.2, 0.25) is 0 Å². The van der Waals surface area contributed by atoms with E-state index < -0.39 is 199 Å². The van der Waals surface area contributed by atoms with Gasteiger partial charge in [0.2, 0.25) is 88.6 Å². The molecule has 0 spiro atoms. The number of para-hydroxylation sites is 1. The van der Waals surface area contributed by atoms with E-state index in [1.807, 2.05) is 44.2 Å². The van der Waals surface area contributed by atoms with Crippen molar-refractivity contribution >= 4 is 105 Å². The Kier molecular flexibility index (Phi) is 41.9. The third-order valence-electron chi connectivity index (χ3n) is 21.5. The van der Waals surface area contributed by atoms with E-state index in [2.05, 4.69) is 74.1 Å². The fourth-order valence-corrected chi connectivity index (χ4v) is 14.4. The molecule has 1 aliphatic rings. The van der Waals surface area contributed by atoms with Crippen LogP contribution < -0.4 is 97.8 Å². The lowest BCUT2D eigenvalue weighted by Crippen LogP contribution is -2.61. The smallest absolute Gasteiger partial charge is 0.246 e. The molecule has 0 bridgehead atoms. The zero-order valence-electron chi connectivity index (χ0n) is 72.6. The highest BCUT2D eigenvalue weighted by Crippen LogP contribution is 2.24. The number of benzene rings is 4. The second-order valence-corrected chi connectivity index (χ2v) is 33.0. The van der Waals surface area contributed by atoms with Gasteiger partial charge in [-0.2, -0.15) is 0 Å². The van der Waals surface area contributed by atoms with E-state index in [1.54, 1.807) is 133 Å². The Hall–Kier alpha value is -12.4. The number of fused-ring (bicyclic) bond motifs is 1. The molecule has 5 aromatic rings. The molecule has 15 amide bonds. The van der Waals surface area contributed by atoms with Gasteiger partial charge in [-0.15, -0.1) is 0 Å². The topological polar surface area (TPSA) is 606 Å². The van der Waals surface area contributed by atoms with Crippen LogP contribution in [-0.2, 0) is 97.6 Å². The number of primary amides is 2. The average molecular weight is 1740 g/mol. The number of amides is 15. The average Bonchev–Trinajstić information content (AvgIpc) is 1.77. The summed E-state index contributed by atoms with van der Waals surface area (Å²) in [7, 11) is 0. The van der Waals surface area contributed by atoms with Crippen LogP contribution in [0.5, 0.6) is 0 Å². The summed E-state index contributed by atoms with van der Waals surface area (Å²) in [6, 6.07) is 15.4. The van der Waals surface area contributed by atoms with Gasteiger partial charge in [0.25, 0.3) is 0 Å². The quantitative estimate of drug-likeness (QED) is 0.0128. The Bertz CT molecular complexity index is 4440. The summed E-state index contributed by atoms with van der Waals surface area (Å²) >= 11 is 0. The maximum absolute atomic E-state index is 15.3. The highest BCUT2D eigenvalue weighted by molar-refractivity contribution is 6.01. The Morgan fingerprint density at radius 3 is 1.48 bits per heavy atom. The number of rotatable bonds is 53. The summed E-state index contributed by atoms with van der Waals surface area (Å²) in [6.07, 6.45) is 2.13. The summed E-state index contributed by atoms with van der Waals surface area (Å²) in [6.45, 7) is 12.8. The van der Waals surface area contributed by atoms with Crippen molar-refractivity contribution in [2.45, 2.75) is 237 Å². The molecule has 2 heterocycles. The largest absolute Gasteiger partial charge is 0.394 e. The van der Waals surface area contributed by atoms with E-state index in [-0.39, 0.29) is 114 Å². The number of guanidine groups is 1. The number of carbonyl (C=O) groups excluding carboxylic acids is 15. The first-order valence-corrected chi connectivity index (χ1v) is 42.8. The van der Waals surface area contributed by atoms with Crippen LogP contribution in [0.4, 0.5) is 0 Å². The predicted octanol–water partition coefficient (Wildman–Crippen LogP) is -0.865. The molecule has 0 saturated carbocycles. The van der Waals surface area contributed by atoms with Crippen LogP contribution in [0.15, 0.2) is 121 Å². The number of hydrogen-bond donors (Lipinski definition) is 21. The first kappa shape index (κ1) is 101. The van der Waals surface area contributed by atoms with Crippen molar-refractivity contribution in [3.05, 3.63) is 144 Å². The van der Waals surface area contributed by atoms with Crippen molar-refractivity contribution in [3.8, 4) is 0 Å². The van der Waals surface area contributed by atoms with Crippen LogP contribution in [0.3, 0.4) is 0 Å². The summed E-state index contributed by atoms with van der Waals surface area (Å²) < 4.78 is 0. The molecular formula is C88H129N21O16. The van der Waals surface area contributed by atoms with E-state index in [4.69, 9.17) is 34.1 Å². The normalized spacial score (nSPS) is 15.6. The third-order valence-corrected chi connectivity index (χ3v) is 21.5. The van der Waals surface area contributed by atoms with Gasteiger partial charge in [-0.3, -0.25) is 77.3 Å². The van der Waals surface area contributed by atoms with Crippen molar-refractivity contribution in [2.24, 2.45) is 52.3 Å². The van der Waals surface area contributed by atoms with Crippen molar-refractivity contribution in [1.29, 1.82) is 5.41 Å². The number of H-pyrrole nitrogens is 1. The maximum atomic E-state index is 15.3. The number of aromatic nitrogens is 1. The van der Waals surface area contributed by atoms with Crippen LogP contribution in [0, 0.1) is 29.1 Å². The van der Waals surface area contributed by atoms with Gasteiger partial charge in [-0.05, 0) is 129 Å². The molecule has 1 aromatic heterocycles. The monoisotopic (exact) mass is 1740 g/mol. The number of aromatic amines is 1. The Labute approximate surface area is 729 Å². The number of nitrogens with two attached hydrogens (primary N) is 5. The number of nitrogens with zero attached hydrogens (tertiary/aromatic N) is 1. The fraction of sp³-hybridized carbons (Fsp3) is 0.523. The number of aliphatic hydroxyl groups excluding tert-OH is 1. The van der Waals surface area contributed by atoms with Crippen molar-refractivity contribution in [3.63, 3.8) is 0 Å². The minimum absolute atomic E-state index is 0.00213. The number of unbranched alkanes of at least 4 members (excludes halogenated alkanes) is 1. The van der Waals surface area contributed by atoms with Gasteiger partial charge in [0.15, 0.2) is 5.96 Å². The second-order valence-electron chi connectivity index (χ2n) is 33.0. The van der Waals surface area contributed by atoms with Gasteiger partial charge in [0.05, 0.1) is 19.2 Å². The summed E-state index contributed by atoms with van der Waals surface area (Å²) in [5, 5.41) is 54.0. The minimum Gasteiger partial charge on any atom is -0.394 e. The molecule has 682 valence electrons. The summed E-state index contributed by atoms with van der Waals surface area (Å²) in [5.74, 6) is -14.0. The summed E-state index contributed by atoms with van der Waals surface area (Å²) in [4.78, 5) is 218. The Morgan fingerprint density at radius 1 is 0.488 bits per heavy atom. The van der Waals surface area contributed by atoms with Gasteiger partial charge >= 0.3 is 0 Å². The number of nitrogens with one attached hydrogen (secondary N) is 15. The number of carbonyl (C=O) groups is 15. The highest BCUT2D eigenvalue weighted by Gasteiger charge is 2.42. The third kappa shape index (κ3) is 33.7. The lowest BCUT2D eigenvalue weighted by molar-refractivity contribution is -0.143. The molecule has 0 unspecified atom stereocenters. The van der Waals surface area contributed by atoms with Crippen LogP contribution in [-0.4, -0.2) is 221 Å². The fourth-order valence-electron chi connectivity index (χ4n) is 14.4. The van der Waals surface area contributed by atoms with Crippen molar-refractivity contribution < 1.29 is 77.0 Å². The number of hydrogen-bond acceptors (Lipinski definition) is 19. The van der Waals surface area contributed by atoms with Crippen LogP contribution in [0.25, 0.3) is 10.9 Å². The lowest BCUT2D eigenvalue weighted by atomic mass is 9.96. The molecule has 0 aliphatic carbocycles. The Balaban J connectivity index is 1.21. The molecule has 37 nitrogen and oxygen atoms in total. The standard InChI is InChI=1S/C88H129N21O16/c1-9-53(8)74(86(124)101-64(75(92)113)41-50(2)3)108-80(118)61(34-23-39-95-88(93)94)98-72(112)48-97-77(115)65(42-51(4)5)102-81(119)66(44-55-27-15-11-16-28-55)103-78(116)62(33-21-22-38-89)99-84(122)69(49-110)106-82(120)67(45-56-29-17-12-18-30-56)104-83(121)68(46-57-47-96-60-32-20-19-31-58(57)60)105-79(117)63(36-37-71(91)111)100-85(123)70-35-24-40-109(70)87(125)73(52(6)7)107-76(114)59(90)43-54-25-13-10-14-26-54/h10-20,25-32,47,50-53,59,61-70,73-74,96,110H,9,21-24,33-46,48-49,89-90H2,1-8H3,(H2,91,111)(H2,92,113)(H,97,115)(H,98,112)(H,99,122)(H,100,123)(H,101,124)(H,102,119)(H,103,116)(H,104,121)(H,105,117)(H,106,120)(H,107,114)(H,108,118)(H4,93,94,95)/t53-,59-,61-,62-,63-,64-,65-,66-,67-,68-,69-,70-,73-,74-/m0/s1. The van der Waals surface area contributed by atoms with Crippen LogP contribution in [0.1, 0.15) is 155 Å². The first-order valence-electron chi connectivity index (χ1n) is 42.8. The molecule has 125 heavy (non-hydrogen) atoms. The van der Waals surface area contributed by atoms with Crippen molar-refractivity contribution in [1.82, 2.24) is 79.0 Å². The summed E-state index contributed by atoms with van der Waals surface area (Å²) in [5.41, 5.74) is 32.0. The molecule has 0 radical (unpaired) electrons. The molecule has 1 fully saturated rings. The van der Waals surface area contributed by atoms with Gasteiger partial charge in [0, 0.05) is 55.9 Å². The molecule has 26 N–H and O–H groups in total. The molecule has 4 aromatic carbocycles. The predicted molar refractivity (Wildman–Crippen MR) is 469 cm³/mol. The van der Waals surface area contributed by atoms with E-state index in [0.29, 0.717) is 46.9 Å². The first-order chi connectivity index (χ1) is 59.5. The van der Waals surface area contributed by atoms with Gasteiger partial charge in [-0.25, -0.2) is 0 Å². The molecule has 37 heteroatoms. The maximum Gasteiger partial charge on any atom is 0.246 e. The van der Waals surface area contributed by atoms with E-state index in [0.717, 1.165) is 5.56 Å². The highest BCUT2D eigenvalue weighted by atomic mass is 16.3. The SMILES string of the molecule is CC[C@H](C)[C@H](NC(=O)[C@H](CCCNC(=N)N)NC(=O)CNC(=O)[C@H](CC(C)C)NC(=O)[C@H](Cc1ccccc1)NC(=O)[C@H](CCCCN)NC(=O)[C@H](CO)NC(=O)[C@H](Cc1ccccc1)NC(=O)[C@H](Cc1c[nH]c2ccccc12)NC(=O)[C@H](CCC(N)=O)NC(=O)[C@@H]1CCCN1C(=O)[C@@H](NC(=O)[C@@H](N)Cc1ccccc1)C(C)C)C(=O)N[C@@H](CC(C)C)C(N)=O. The molecule has 1 saturated heterocycles. The Morgan fingerprint density at radius 2 is 0.952 bits per heavy atom. The van der Waals surface area contributed by atoms with Crippen molar-refractivity contribution in [2.75, 3.05) is 32.8 Å². The lowest BCUT2D eigenvalue weighted by Gasteiger charge is -2.32. The van der Waals surface area contributed by atoms with Gasteiger partial charge in [-0.1, -0.05) is 171 Å². The number of aliphatic hydroxyl groups is 1. The minimum atomic E-state index is -1.83. The van der Waals surface area contributed by atoms with E-state index in [1.165, 1.54) is 4.90 Å². The zero-order valence-corrected chi connectivity index (χ0v) is 72.6. The zero-order chi connectivity index (χ0) is 92.0. The molecule has 6 rings (SSSR count). The second kappa shape index (κ2) is 51.6. The van der Waals surface area contributed by atoms with Gasteiger partial charge < -0.3 is 113 Å².